The number of nitrogens with zero attached hydrogens (tertiary/aromatic N) is 1. The summed E-state index contributed by atoms with van der Waals surface area (Å²) >= 11 is 0. The third-order valence-electron chi connectivity index (χ3n) is 5.32. The maximum atomic E-state index is 12.9. The van der Waals surface area contributed by atoms with Crippen LogP contribution >= 0.6 is 24.8 Å². The summed E-state index contributed by atoms with van der Waals surface area (Å²) < 4.78 is 0. The highest BCUT2D eigenvalue weighted by molar-refractivity contribution is 5.97. The number of halogens is 2. The van der Waals surface area contributed by atoms with Gasteiger partial charge in [-0.2, -0.15) is 0 Å². The zero-order valence-corrected chi connectivity index (χ0v) is 18.7. The lowest BCUT2D eigenvalue weighted by Crippen LogP contribution is -2.51. The van der Waals surface area contributed by atoms with Crippen molar-refractivity contribution in [3.63, 3.8) is 0 Å². The summed E-state index contributed by atoms with van der Waals surface area (Å²) in [5.74, 6) is -0.411. The van der Waals surface area contributed by atoms with Crippen LogP contribution in [0.1, 0.15) is 35.7 Å². The summed E-state index contributed by atoms with van der Waals surface area (Å²) in [6.07, 6.45) is 5.87. The summed E-state index contributed by atoms with van der Waals surface area (Å²) in [6.45, 7) is 4.75. The van der Waals surface area contributed by atoms with Crippen molar-refractivity contribution in [2.45, 2.75) is 32.2 Å². The lowest BCUT2D eigenvalue weighted by molar-refractivity contribution is -0.123. The van der Waals surface area contributed by atoms with Crippen molar-refractivity contribution in [3.05, 3.63) is 66.0 Å². The Bertz CT molecular complexity index is 784. The van der Waals surface area contributed by atoms with Gasteiger partial charge in [0.2, 0.25) is 5.91 Å². The number of hydrogen-bond acceptors (Lipinski definition) is 4. The minimum absolute atomic E-state index is 0. The second-order valence-electron chi connectivity index (χ2n) is 7.74. The van der Waals surface area contributed by atoms with Gasteiger partial charge in [-0.1, -0.05) is 31.2 Å². The maximum absolute atomic E-state index is 12.9. The fourth-order valence-electron chi connectivity index (χ4n) is 3.43. The van der Waals surface area contributed by atoms with Gasteiger partial charge in [-0.3, -0.25) is 14.6 Å². The Morgan fingerprint density at radius 3 is 2.43 bits per heavy atom. The number of amides is 2. The van der Waals surface area contributed by atoms with Crippen LogP contribution in [0.5, 0.6) is 0 Å². The highest BCUT2D eigenvalue weighted by Gasteiger charge is 2.29. The van der Waals surface area contributed by atoms with Crippen LogP contribution < -0.4 is 16.0 Å². The van der Waals surface area contributed by atoms with Crippen molar-refractivity contribution in [2.24, 2.45) is 5.41 Å². The molecule has 1 aliphatic heterocycles. The molecule has 1 aromatic heterocycles. The van der Waals surface area contributed by atoms with E-state index < -0.39 is 6.04 Å². The molecule has 2 amide bonds. The van der Waals surface area contributed by atoms with Crippen molar-refractivity contribution < 1.29 is 9.59 Å². The Morgan fingerprint density at radius 2 is 1.80 bits per heavy atom. The van der Waals surface area contributed by atoms with Crippen LogP contribution in [-0.2, 0) is 11.2 Å². The number of nitrogens with one attached hydrogen (secondary N) is 3. The van der Waals surface area contributed by atoms with Gasteiger partial charge in [0.1, 0.15) is 6.04 Å². The van der Waals surface area contributed by atoms with Gasteiger partial charge in [-0.05, 0) is 55.1 Å². The van der Waals surface area contributed by atoms with Crippen LogP contribution in [0.4, 0.5) is 0 Å². The number of piperidine rings is 1. The first-order chi connectivity index (χ1) is 13.6. The van der Waals surface area contributed by atoms with Gasteiger partial charge in [-0.15, -0.1) is 24.8 Å². The van der Waals surface area contributed by atoms with Crippen LogP contribution in [0.15, 0.2) is 54.9 Å². The molecule has 6 nitrogen and oxygen atoms in total. The number of hydrogen-bond donors (Lipinski definition) is 3. The van der Waals surface area contributed by atoms with E-state index in [1.807, 2.05) is 30.3 Å². The number of aromatic nitrogens is 1. The van der Waals surface area contributed by atoms with Gasteiger partial charge in [0.25, 0.3) is 5.91 Å². The molecule has 3 N–H and O–H groups in total. The lowest BCUT2D eigenvalue weighted by Gasteiger charge is -2.34. The van der Waals surface area contributed by atoms with Crippen molar-refractivity contribution in [1.29, 1.82) is 0 Å². The topological polar surface area (TPSA) is 83.1 Å². The van der Waals surface area contributed by atoms with Crippen molar-refractivity contribution in [1.82, 2.24) is 20.9 Å². The van der Waals surface area contributed by atoms with Crippen LogP contribution in [-0.4, -0.2) is 42.5 Å². The molecule has 1 atom stereocenters. The summed E-state index contributed by atoms with van der Waals surface area (Å²) in [5.41, 5.74) is 1.53. The molecule has 8 heteroatoms. The maximum Gasteiger partial charge on any atom is 0.251 e. The highest BCUT2D eigenvalue weighted by Crippen LogP contribution is 2.26. The minimum Gasteiger partial charge on any atom is -0.354 e. The summed E-state index contributed by atoms with van der Waals surface area (Å²) in [5, 5.41) is 9.31. The van der Waals surface area contributed by atoms with E-state index in [2.05, 4.69) is 27.9 Å². The quantitative estimate of drug-likeness (QED) is 0.602. The van der Waals surface area contributed by atoms with Crippen LogP contribution in [0.3, 0.4) is 0 Å². The third-order valence-corrected chi connectivity index (χ3v) is 5.32. The molecule has 30 heavy (non-hydrogen) atoms. The molecule has 3 rings (SSSR count). The molecule has 1 fully saturated rings. The highest BCUT2D eigenvalue weighted by atomic mass is 35.5. The molecule has 0 bridgehead atoms. The number of pyridine rings is 1. The molecule has 2 heterocycles. The van der Waals surface area contributed by atoms with Crippen LogP contribution in [0.2, 0.25) is 0 Å². The van der Waals surface area contributed by atoms with Gasteiger partial charge in [0.15, 0.2) is 0 Å². The first kappa shape index (κ1) is 25.9. The van der Waals surface area contributed by atoms with E-state index in [-0.39, 0.29) is 42.0 Å². The standard InChI is InChI=1S/C22H28N4O2.2ClH/c1-22(9-12-23-13-10-22)16-25-21(28)19(14-17-6-5-11-24-15-17)26-20(27)18-7-3-2-4-8-18;;/h2-8,11,15,19,23H,9-10,12-14,16H2,1H3,(H,25,28)(H,26,27);2*1H. The molecule has 164 valence electrons. The number of benzene rings is 1. The van der Waals surface area contributed by atoms with Crippen molar-refractivity contribution in [2.75, 3.05) is 19.6 Å². The van der Waals surface area contributed by atoms with Crippen LogP contribution in [0, 0.1) is 5.41 Å². The molecular formula is C22H30Cl2N4O2. The Morgan fingerprint density at radius 1 is 1.10 bits per heavy atom. The normalized spacial score (nSPS) is 15.6. The van der Waals surface area contributed by atoms with Crippen molar-refractivity contribution >= 4 is 36.6 Å². The van der Waals surface area contributed by atoms with Gasteiger partial charge in [0.05, 0.1) is 0 Å². The van der Waals surface area contributed by atoms with E-state index in [4.69, 9.17) is 0 Å². The molecule has 2 aromatic rings. The molecule has 1 aromatic carbocycles. The summed E-state index contributed by atoms with van der Waals surface area (Å²) in [4.78, 5) is 29.7. The molecule has 0 radical (unpaired) electrons. The fourth-order valence-corrected chi connectivity index (χ4v) is 3.43. The van der Waals surface area contributed by atoms with E-state index in [0.717, 1.165) is 31.5 Å². The van der Waals surface area contributed by atoms with Gasteiger partial charge in [0, 0.05) is 30.9 Å². The molecule has 1 saturated heterocycles. The monoisotopic (exact) mass is 452 g/mol. The SMILES string of the molecule is CC1(CNC(=O)C(Cc2cccnc2)NC(=O)c2ccccc2)CCNCC1.Cl.Cl. The Labute approximate surface area is 190 Å². The van der Waals surface area contributed by atoms with Gasteiger partial charge in [-0.25, -0.2) is 0 Å². The molecule has 0 saturated carbocycles. The molecule has 0 spiro atoms. The predicted octanol–water partition coefficient (Wildman–Crippen LogP) is 2.77. The average Bonchev–Trinajstić information content (AvgIpc) is 2.73. The second kappa shape index (κ2) is 12.5. The Kier molecular flexibility index (Phi) is 10.8. The Balaban J connectivity index is 0.00000225. The van der Waals surface area contributed by atoms with E-state index in [1.165, 1.54) is 0 Å². The van der Waals surface area contributed by atoms with Gasteiger partial charge < -0.3 is 16.0 Å². The van der Waals surface area contributed by atoms with E-state index in [1.54, 1.807) is 24.5 Å². The molecule has 1 unspecified atom stereocenters. The van der Waals surface area contributed by atoms with Crippen molar-refractivity contribution in [3.8, 4) is 0 Å². The number of carbonyl (C=O) groups excluding carboxylic acids is 2. The third kappa shape index (κ3) is 7.59. The number of carbonyl (C=O) groups is 2. The molecule has 0 aliphatic carbocycles. The summed E-state index contributed by atoms with van der Waals surface area (Å²) in [7, 11) is 0. The van der Waals surface area contributed by atoms with Crippen LogP contribution in [0.25, 0.3) is 0 Å². The van der Waals surface area contributed by atoms with E-state index in [9.17, 15) is 9.59 Å². The molecule has 1 aliphatic rings. The zero-order valence-electron chi connectivity index (χ0n) is 17.1. The van der Waals surface area contributed by atoms with Gasteiger partial charge >= 0.3 is 0 Å². The first-order valence-electron chi connectivity index (χ1n) is 9.79. The largest absolute Gasteiger partial charge is 0.354 e. The molecular weight excluding hydrogens is 423 g/mol. The smallest absolute Gasteiger partial charge is 0.251 e. The zero-order chi connectivity index (χ0) is 19.8. The average molecular weight is 453 g/mol. The lowest BCUT2D eigenvalue weighted by atomic mass is 9.81. The van der Waals surface area contributed by atoms with E-state index in [0.29, 0.717) is 18.5 Å². The number of rotatable bonds is 7. The Hall–Kier alpha value is -2.15. The fraction of sp³-hybridized carbons (Fsp3) is 0.409. The summed E-state index contributed by atoms with van der Waals surface area (Å²) in [6, 6.07) is 12.1. The minimum atomic E-state index is -0.651. The predicted molar refractivity (Wildman–Crippen MR) is 123 cm³/mol. The first-order valence-corrected chi connectivity index (χ1v) is 9.79. The van der Waals surface area contributed by atoms with E-state index >= 15 is 0 Å². The second-order valence-corrected chi connectivity index (χ2v) is 7.74.